The molecule has 1 atom stereocenters. The van der Waals surface area contributed by atoms with Crippen LogP contribution < -0.4 is 9.64 Å². The van der Waals surface area contributed by atoms with Gasteiger partial charge in [-0.25, -0.2) is 0 Å². The van der Waals surface area contributed by atoms with E-state index in [4.69, 9.17) is 9.57 Å². The fourth-order valence-electron chi connectivity index (χ4n) is 4.90. The van der Waals surface area contributed by atoms with Crippen LogP contribution in [0.1, 0.15) is 32.1 Å². The molecule has 0 spiro atoms. The molecule has 1 aromatic carbocycles. The molecule has 166 valence electrons. The maximum absolute atomic E-state index is 12.8. The first-order valence-electron chi connectivity index (χ1n) is 11.5. The largest absolute Gasteiger partial charge is 0.495 e. The number of anilines is 1. The maximum atomic E-state index is 12.8. The lowest BCUT2D eigenvalue weighted by molar-refractivity contribution is -0.182. The molecule has 1 amide bonds. The van der Waals surface area contributed by atoms with E-state index in [9.17, 15) is 4.79 Å². The van der Waals surface area contributed by atoms with Crippen LogP contribution in [0.2, 0.25) is 0 Å². The second kappa shape index (κ2) is 10.5. The number of amides is 1. The van der Waals surface area contributed by atoms with Crippen molar-refractivity contribution >= 4 is 11.6 Å². The lowest BCUT2D eigenvalue weighted by Crippen LogP contribution is -2.56. The average Bonchev–Trinajstić information content (AvgIpc) is 2.83. The zero-order valence-electron chi connectivity index (χ0n) is 18.3. The average molecular weight is 417 g/mol. The molecular formula is C23H36N4O3. The van der Waals surface area contributed by atoms with Crippen molar-refractivity contribution in [1.82, 2.24) is 14.9 Å². The number of ether oxygens (including phenoxy) is 1. The van der Waals surface area contributed by atoms with Crippen LogP contribution in [0, 0.1) is 0 Å². The van der Waals surface area contributed by atoms with E-state index in [-0.39, 0.29) is 5.91 Å². The molecule has 0 saturated carbocycles. The zero-order chi connectivity index (χ0) is 20.8. The Kier molecular flexibility index (Phi) is 7.47. The number of benzene rings is 1. The number of methoxy groups -OCH3 is 1. The predicted molar refractivity (Wildman–Crippen MR) is 118 cm³/mol. The number of hydrogen-bond acceptors (Lipinski definition) is 6. The molecule has 3 aliphatic heterocycles. The van der Waals surface area contributed by atoms with Crippen molar-refractivity contribution in [2.45, 2.75) is 38.1 Å². The zero-order valence-corrected chi connectivity index (χ0v) is 18.3. The van der Waals surface area contributed by atoms with E-state index in [0.717, 1.165) is 77.6 Å². The number of nitrogens with zero attached hydrogens (tertiary/aromatic N) is 4. The van der Waals surface area contributed by atoms with Gasteiger partial charge < -0.3 is 14.5 Å². The standard InChI is InChI=1S/C23H36N4O3/c1-29-22-9-3-2-8-21(22)25-16-14-24(15-17-25)20-7-6-11-26(19-20)23(28)10-13-27-12-4-5-18-30-27/h2-3,8-9,20H,4-7,10-19H2,1H3/t20-/m0/s1. The summed E-state index contributed by atoms with van der Waals surface area (Å²) in [5.41, 5.74) is 1.18. The highest BCUT2D eigenvalue weighted by Crippen LogP contribution is 2.29. The topological polar surface area (TPSA) is 48.5 Å². The van der Waals surface area contributed by atoms with Gasteiger partial charge in [-0.1, -0.05) is 12.1 Å². The molecule has 7 heteroatoms. The van der Waals surface area contributed by atoms with E-state index in [1.54, 1.807) is 7.11 Å². The first-order valence-corrected chi connectivity index (χ1v) is 11.5. The normalized spacial score (nSPS) is 24.1. The van der Waals surface area contributed by atoms with Gasteiger partial charge >= 0.3 is 0 Å². The summed E-state index contributed by atoms with van der Waals surface area (Å²) in [6.45, 7) is 8.30. The van der Waals surface area contributed by atoms with E-state index in [1.165, 1.54) is 18.5 Å². The van der Waals surface area contributed by atoms with Crippen molar-refractivity contribution in [2.75, 3.05) is 71.0 Å². The SMILES string of the molecule is COc1ccccc1N1CCN([C@H]2CCCN(C(=O)CCN3CCCCO3)C2)CC1. The molecule has 7 nitrogen and oxygen atoms in total. The fraction of sp³-hybridized carbons (Fsp3) is 0.696. The van der Waals surface area contributed by atoms with Crippen molar-refractivity contribution < 1.29 is 14.4 Å². The highest BCUT2D eigenvalue weighted by molar-refractivity contribution is 5.76. The highest BCUT2D eigenvalue weighted by Gasteiger charge is 2.30. The van der Waals surface area contributed by atoms with Gasteiger partial charge in [-0.15, -0.1) is 0 Å². The molecule has 0 N–H and O–H groups in total. The lowest BCUT2D eigenvalue weighted by atomic mass is 10.0. The molecule has 0 aromatic heterocycles. The van der Waals surface area contributed by atoms with Gasteiger partial charge in [0, 0.05) is 64.8 Å². The van der Waals surface area contributed by atoms with Crippen molar-refractivity contribution in [3.8, 4) is 5.75 Å². The summed E-state index contributed by atoms with van der Waals surface area (Å²) in [4.78, 5) is 25.5. The van der Waals surface area contributed by atoms with Gasteiger partial charge in [0.15, 0.2) is 0 Å². The second-order valence-corrected chi connectivity index (χ2v) is 8.55. The van der Waals surface area contributed by atoms with Crippen LogP contribution in [-0.2, 0) is 9.63 Å². The Bertz CT molecular complexity index is 687. The third kappa shape index (κ3) is 5.25. The van der Waals surface area contributed by atoms with Gasteiger partial charge in [-0.05, 0) is 37.8 Å². The molecule has 3 heterocycles. The van der Waals surface area contributed by atoms with Crippen molar-refractivity contribution in [1.29, 1.82) is 0 Å². The van der Waals surface area contributed by atoms with Gasteiger partial charge in [0.1, 0.15) is 5.75 Å². The second-order valence-electron chi connectivity index (χ2n) is 8.55. The lowest BCUT2D eigenvalue weighted by Gasteiger charge is -2.44. The highest BCUT2D eigenvalue weighted by atomic mass is 16.7. The molecule has 0 radical (unpaired) electrons. The van der Waals surface area contributed by atoms with Crippen LogP contribution in [-0.4, -0.2) is 92.9 Å². The van der Waals surface area contributed by atoms with E-state index in [2.05, 4.69) is 26.8 Å². The number of rotatable bonds is 6. The van der Waals surface area contributed by atoms with E-state index < -0.39 is 0 Å². The van der Waals surface area contributed by atoms with E-state index >= 15 is 0 Å². The smallest absolute Gasteiger partial charge is 0.224 e. The molecule has 3 aliphatic rings. The molecule has 30 heavy (non-hydrogen) atoms. The minimum atomic E-state index is 0.279. The van der Waals surface area contributed by atoms with Crippen LogP contribution >= 0.6 is 0 Å². The maximum Gasteiger partial charge on any atom is 0.224 e. The monoisotopic (exact) mass is 416 g/mol. The summed E-state index contributed by atoms with van der Waals surface area (Å²) in [5, 5.41) is 1.97. The van der Waals surface area contributed by atoms with Crippen molar-refractivity contribution in [2.24, 2.45) is 0 Å². The molecular weight excluding hydrogens is 380 g/mol. The fourth-order valence-corrected chi connectivity index (χ4v) is 4.90. The first-order chi connectivity index (χ1) is 14.7. The quantitative estimate of drug-likeness (QED) is 0.709. The Morgan fingerprint density at radius 3 is 2.67 bits per heavy atom. The number of hydrogen-bond donors (Lipinski definition) is 0. The minimum absolute atomic E-state index is 0.279. The Balaban J connectivity index is 1.25. The van der Waals surface area contributed by atoms with Crippen molar-refractivity contribution in [3.05, 3.63) is 24.3 Å². The van der Waals surface area contributed by atoms with E-state index in [0.29, 0.717) is 12.5 Å². The van der Waals surface area contributed by atoms with Crippen LogP contribution in [0.25, 0.3) is 0 Å². The molecule has 3 fully saturated rings. The molecule has 0 aliphatic carbocycles. The van der Waals surface area contributed by atoms with Gasteiger partial charge in [0.05, 0.1) is 19.4 Å². The third-order valence-corrected chi connectivity index (χ3v) is 6.66. The molecule has 0 bridgehead atoms. The number of likely N-dealkylation sites (tertiary alicyclic amines) is 1. The number of piperidine rings is 1. The number of carbonyl (C=O) groups is 1. The number of piperazine rings is 1. The molecule has 3 saturated heterocycles. The third-order valence-electron chi connectivity index (χ3n) is 6.66. The summed E-state index contributed by atoms with van der Waals surface area (Å²) in [7, 11) is 1.74. The predicted octanol–water partition coefficient (Wildman–Crippen LogP) is 2.23. The van der Waals surface area contributed by atoms with Crippen LogP contribution in [0.15, 0.2) is 24.3 Å². The summed E-state index contributed by atoms with van der Waals surface area (Å²) in [5.74, 6) is 1.22. The Morgan fingerprint density at radius 1 is 1.07 bits per heavy atom. The van der Waals surface area contributed by atoms with Crippen LogP contribution in [0.4, 0.5) is 5.69 Å². The van der Waals surface area contributed by atoms with Gasteiger partial charge in [-0.2, -0.15) is 5.06 Å². The van der Waals surface area contributed by atoms with Crippen molar-refractivity contribution in [3.63, 3.8) is 0 Å². The van der Waals surface area contributed by atoms with Crippen LogP contribution in [0.5, 0.6) is 5.75 Å². The number of para-hydroxylation sites is 2. The van der Waals surface area contributed by atoms with Gasteiger partial charge in [-0.3, -0.25) is 14.5 Å². The summed E-state index contributed by atoms with van der Waals surface area (Å²) in [6.07, 6.45) is 5.15. The number of carbonyl (C=O) groups excluding carboxylic acids is 1. The summed E-state index contributed by atoms with van der Waals surface area (Å²) >= 11 is 0. The minimum Gasteiger partial charge on any atom is -0.495 e. The first kappa shape index (κ1) is 21.4. The Hall–Kier alpha value is -1.83. The number of hydroxylamine groups is 2. The summed E-state index contributed by atoms with van der Waals surface area (Å²) in [6, 6.07) is 8.74. The van der Waals surface area contributed by atoms with Crippen LogP contribution in [0.3, 0.4) is 0 Å². The molecule has 4 rings (SSSR count). The summed E-state index contributed by atoms with van der Waals surface area (Å²) < 4.78 is 5.54. The molecule has 1 aromatic rings. The molecule has 0 unspecified atom stereocenters. The Morgan fingerprint density at radius 2 is 1.90 bits per heavy atom. The van der Waals surface area contributed by atoms with Gasteiger partial charge in [0.2, 0.25) is 5.91 Å². The van der Waals surface area contributed by atoms with Gasteiger partial charge in [0.25, 0.3) is 0 Å². The Labute approximate surface area is 180 Å². The van der Waals surface area contributed by atoms with E-state index in [1.807, 2.05) is 17.2 Å².